The van der Waals surface area contributed by atoms with Crippen molar-refractivity contribution in [3.05, 3.63) is 42.0 Å². The number of rotatable bonds is 5. The van der Waals surface area contributed by atoms with E-state index in [0.29, 0.717) is 24.7 Å². The van der Waals surface area contributed by atoms with Crippen molar-refractivity contribution in [2.75, 3.05) is 29.9 Å². The minimum atomic E-state index is -0.316. The van der Waals surface area contributed by atoms with Gasteiger partial charge in [0.15, 0.2) is 17.3 Å². The number of carbonyl (C=O) groups excluding carboxylic acids is 1. The summed E-state index contributed by atoms with van der Waals surface area (Å²) in [5, 5.41) is 13.9. The van der Waals surface area contributed by atoms with Gasteiger partial charge >= 0.3 is 0 Å². The Kier molecular flexibility index (Phi) is 4.83. The van der Waals surface area contributed by atoms with Crippen LogP contribution in [0.1, 0.15) is 23.8 Å². The summed E-state index contributed by atoms with van der Waals surface area (Å²) in [4.78, 5) is 17.7. The van der Waals surface area contributed by atoms with Crippen LogP contribution < -0.4 is 15.5 Å². The average molecular weight is 330 g/mol. The Labute approximate surface area is 139 Å². The molecule has 3 rings (SSSR count). The topological polar surface area (TPSA) is 83.0 Å². The smallest absolute Gasteiger partial charge is 0.271 e. The van der Waals surface area contributed by atoms with Crippen molar-refractivity contribution in [2.45, 2.75) is 19.4 Å². The van der Waals surface area contributed by atoms with Crippen LogP contribution in [0.15, 0.2) is 30.5 Å². The zero-order valence-electron chi connectivity index (χ0n) is 13.4. The highest BCUT2D eigenvalue weighted by Gasteiger charge is 2.25. The molecule has 0 saturated carbocycles. The number of hydrogen-bond acceptors (Lipinski definition) is 6. The van der Waals surface area contributed by atoms with Crippen molar-refractivity contribution >= 4 is 17.5 Å². The summed E-state index contributed by atoms with van der Waals surface area (Å²) in [7, 11) is 0. The minimum Gasteiger partial charge on any atom is -0.364 e. The molecule has 2 aromatic rings. The molecule has 3 heterocycles. The van der Waals surface area contributed by atoms with Crippen molar-refractivity contribution in [1.82, 2.24) is 20.5 Å². The number of hydrogen-bond donors (Lipinski definition) is 2. The van der Waals surface area contributed by atoms with Crippen LogP contribution >= 0.6 is 0 Å². The van der Waals surface area contributed by atoms with E-state index in [1.807, 2.05) is 11.8 Å². The molecule has 1 saturated heterocycles. The van der Waals surface area contributed by atoms with Crippen LogP contribution in [-0.2, 0) is 0 Å². The molecule has 1 aliphatic rings. The lowest BCUT2D eigenvalue weighted by Crippen LogP contribution is -2.28. The maximum absolute atomic E-state index is 13.8. The second kappa shape index (κ2) is 7.20. The SMILES string of the molecule is CCNC(=O)c1ccc(N[C@H]2CCN(c3ncccc3F)C2)nn1. The zero-order chi connectivity index (χ0) is 16.9. The van der Waals surface area contributed by atoms with Gasteiger partial charge in [0.1, 0.15) is 5.82 Å². The third kappa shape index (κ3) is 3.58. The number of nitrogens with one attached hydrogen (secondary N) is 2. The molecule has 0 aromatic carbocycles. The third-order valence-corrected chi connectivity index (χ3v) is 3.81. The van der Waals surface area contributed by atoms with Crippen molar-refractivity contribution in [1.29, 1.82) is 0 Å². The van der Waals surface area contributed by atoms with Gasteiger partial charge in [0.25, 0.3) is 5.91 Å². The molecule has 1 fully saturated rings. The summed E-state index contributed by atoms with van der Waals surface area (Å²) >= 11 is 0. The van der Waals surface area contributed by atoms with Gasteiger partial charge in [0.2, 0.25) is 0 Å². The van der Waals surface area contributed by atoms with Crippen LogP contribution in [0.25, 0.3) is 0 Å². The normalized spacial score (nSPS) is 16.9. The fraction of sp³-hybridized carbons (Fsp3) is 0.375. The molecule has 0 bridgehead atoms. The molecule has 8 heteroatoms. The molecule has 0 radical (unpaired) electrons. The van der Waals surface area contributed by atoms with Crippen LogP contribution in [-0.4, -0.2) is 46.8 Å². The predicted molar refractivity (Wildman–Crippen MR) is 88.5 cm³/mol. The minimum absolute atomic E-state index is 0.121. The zero-order valence-corrected chi connectivity index (χ0v) is 13.4. The number of nitrogens with zero attached hydrogens (tertiary/aromatic N) is 4. The molecule has 126 valence electrons. The van der Waals surface area contributed by atoms with Gasteiger partial charge in [-0.25, -0.2) is 9.37 Å². The van der Waals surface area contributed by atoms with Crippen LogP contribution in [0, 0.1) is 5.82 Å². The van der Waals surface area contributed by atoms with Gasteiger partial charge < -0.3 is 15.5 Å². The summed E-state index contributed by atoms with van der Waals surface area (Å²) in [6, 6.07) is 6.47. The van der Waals surface area contributed by atoms with E-state index in [1.165, 1.54) is 6.07 Å². The van der Waals surface area contributed by atoms with Gasteiger partial charge in [-0.1, -0.05) is 0 Å². The Morgan fingerprint density at radius 1 is 1.38 bits per heavy atom. The molecule has 0 unspecified atom stereocenters. The Balaban J connectivity index is 1.59. The van der Waals surface area contributed by atoms with E-state index in [4.69, 9.17) is 0 Å². The van der Waals surface area contributed by atoms with Crippen molar-refractivity contribution in [2.24, 2.45) is 0 Å². The first-order valence-electron chi connectivity index (χ1n) is 7.91. The second-order valence-corrected chi connectivity index (χ2v) is 5.55. The maximum Gasteiger partial charge on any atom is 0.271 e. The van der Waals surface area contributed by atoms with Gasteiger partial charge in [-0.15, -0.1) is 10.2 Å². The van der Waals surface area contributed by atoms with Crippen LogP contribution in [0.4, 0.5) is 16.0 Å². The van der Waals surface area contributed by atoms with Gasteiger partial charge in [0.05, 0.1) is 0 Å². The van der Waals surface area contributed by atoms with E-state index >= 15 is 0 Å². The highest BCUT2D eigenvalue weighted by molar-refractivity contribution is 5.92. The van der Waals surface area contributed by atoms with Crippen LogP contribution in [0.5, 0.6) is 0 Å². The highest BCUT2D eigenvalue weighted by Crippen LogP contribution is 2.22. The largest absolute Gasteiger partial charge is 0.364 e. The number of halogens is 1. The summed E-state index contributed by atoms with van der Waals surface area (Å²) in [5.41, 5.74) is 0.283. The van der Waals surface area contributed by atoms with Gasteiger partial charge in [0, 0.05) is 31.9 Å². The lowest BCUT2D eigenvalue weighted by atomic mass is 10.2. The second-order valence-electron chi connectivity index (χ2n) is 5.55. The van der Waals surface area contributed by atoms with Crippen molar-refractivity contribution in [3.8, 4) is 0 Å². The van der Waals surface area contributed by atoms with Gasteiger partial charge in [-0.05, 0) is 37.6 Å². The quantitative estimate of drug-likeness (QED) is 0.863. The van der Waals surface area contributed by atoms with E-state index in [0.717, 1.165) is 13.0 Å². The lowest BCUT2D eigenvalue weighted by Gasteiger charge is -2.18. The Morgan fingerprint density at radius 3 is 2.96 bits per heavy atom. The number of amides is 1. The molecule has 2 N–H and O–H groups in total. The fourth-order valence-electron chi connectivity index (χ4n) is 2.67. The lowest BCUT2D eigenvalue weighted by molar-refractivity contribution is 0.0950. The van der Waals surface area contributed by atoms with E-state index in [-0.39, 0.29) is 23.5 Å². The van der Waals surface area contributed by atoms with E-state index in [1.54, 1.807) is 24.4 Å². The number of pyridine rings is 1. The van der Waals surface area contributed by atoms with Crippen LogP contribution in [0.3, 0.4) is 0 Å². The number of anilines is 2. The molecule has 7 nitrogen and oxygen atoms in total. The van der Waals surface area contributed by atoms with E-state index in [2.05, 4.69) is 25.8 Å². The van der Waals surface area contributed by atoms with Gasteiger partial charge in [-0.3, -0.25) is 4.79 Å². The maximum atomic E-state index is 13.8. The van der Waals surface area contributed by atoms with E-state index in [9.17, 15) is 9.18 Å². The summed E-state index contributed by atoms with van der Waals surface area (Å²) in [6.07, 6.45) is 2.43. The molecule has 1 amide bonds. The summed E-state index contributed by atoms with van der Waals surface area (Å²) < 4.78 is 13.8. The number of carbonyl (C=O) groups is 1. The number of aromatic nitrogens is 3. The predicted octanol–water partition coefficient (Wildman–Crippen LogP) is 1.45. The first kappa shape index (κ1) is 16.1. The third-order valence-electron chi connectivity index (χ3n) is 3.81. The fourth-order valence-corrected chi connectivity index (χ4v) is 2.67. The molecule has 1 atom stereocenters. The van der Waals surface area contributed by atoms with Crippen molar-refractivity contribution < 1.29 is 9.18 Å². The first-order valence-corrected chi connectivity index (χ1v) is 7.91. The molecular formula is C16H19FN6O. The van der Waals surface area contributed by atoms with Crippen LogP contribution in [0.2, 0.25) is 0 Å². The Hall–Kier alpha value is -2.77. The summed E-state index contributed by atoms with van der Waals surface area (Å²) in [5.74, 6) is 0.411. The molecule has 0 spiro atoms. The monoisotopic (exact) mass is 330 g/mol. The standard InChI is InChI=1S/C16H19FN6O/c1-2-18-16(24)13-5-6-14(22-21-13)20-11-7-9-23(10-11)15-12(17)4-3-8-19-15/h3-6,8,11H,2,7,9-10H2,1H3,(H,18,24)(H,20,22)/t11-/m0/s1. The molecule has 24 heavy (non-hydrogen) atoms. The average Bonchev–Trinajstić information content (AvgIpc) is 3.04. The van der Waals surface area contributed by atoms with Crippen molar-refractivity contribution in [3.63, 3.8) is 0 Å². The van der Waals surface area contributed by atoms with Gasteiger partial charge in [-0.2, -0.15) is 0 Å². The molecule has 0 aliphatic carbocycles. The molecule has 1 aliphatic heterocycles. The Bertz CT molecular complexity index is 708. The van der Waals surface area contributed by atoms with E-state index < -0.39 is 0 Å². The first-order chi connectivity index (χ1) is 11.7. The Morgan fingerprint density at radius 2 is 2.25 bits per heavy atom. The summed E-state index contributed by atoms with van der Waals surface area (Å²) in [6.45, 7) is 3.74. The molecular weight excluding hydrogens is 311 g/mol. The molecule has 2 aromatic heterocycles. The highest BCUT2D eigenvalue weighted by atomic mass is 19.1.